The Morgan fingerprint density at radius 1 is 1.15 bits per heavy atom. The fraction of sp³-hybridized carbons (Fsp3) is 0.381. The maximum Gasteiger partial charge on any atom is 0.407 e. The normalized spacial score (nSPS) is 19.7. The Hall–Kier alpha value is -2.37. The maximum atomic E-state index is 12.1. The molecule has 5 nitrogen and oxygen atoms in total. The van der Waals surface area contributed by atoms with Crippen molar-refractivity contribution in [2.75, 3.05) is 26.4 Å². The Bertz CT molecular complexity index is 740. The minimum Gasteiger partial charge on any atom is -0.449 e. The van der Waals surface area contributed by atoms with E-state index in [0.717, 1.165) is 6.42 Å². The van der Waals surface area contributed by atoms with E-state index in [1.54, 1.807) is 0 Å². The average Bonchev–Trinajstić information content (AvgIpc) is 3.31. The van der Waals surface area contributed by atoms with Crippen LogP contribution in [0.3, 0.4) is 0 Å². The summed E-state index contributed by atoms with van der Waals surface area (Å²) in [6, 6.07) is 16.5. The van der Waals surface area contributed by atoms with Gasteiger partial charge < -0.3 is 19.9 Å². The molecule has 0 spiro atoms. The third kappa shape index (κ3) is 3.32. The van der Waals surface area contributed by atoms with Gasteiger partial charge in [-0.05, 0) is 28.7 Å². The van der Waals surface area contributed by atoms with Gasteiger partial charge in [0.1, 0.15) is 6.61 Å². The van der Waals surface area contributed by atoms with Crippen LogP contribution in [0.2, 0.25) is 0 Å². The standard InChI is InChI=1S/C21H23NO4/c23-20(14-9-10-25-12-14)11-22-21(24)26-13-19-17-7-3-1-5-15(17)16-6-2-4-8-18(16)19/h1-8,14,19-20,23H,9-13H2,(H,22,24). The molecule has 0 bridgehead atoms. The van der Waals surface area contributed by atoms with E-state index in [9.17, 15) is 9.90 Å². The van der Waals surface area contributed by atoms with Crippen LogP contribution in [-0.2, 0) is 9.47 Å². The summed E-state index contributed by atoms with van der Waals surface area (Å²) in [6.07, 6.45) is -0.268. The molecule has 5 heteroatoms. The molecular formula is C21H23NO4. The zero-order chi connectivity index (χ0) is 17.9. The van der Waals surface area contributed by atoms with Crippen LogP contribution in [0.4, 0.5) is 4.79 Å². The molecule has 2 aliphatic rings. The van der Waals surface area contributed by atoms with Crippen LogP contribution in [0.15, 0.2) is 48.5 Å². The SMILES string of the molecule is O=C(NCC(O)C1CCOC1)OCC1c2ccccc2-c2ccccc21. The Kier molecular flexibility index (Phi) is 4.91. The summed E-state index contributed by atoms with van der Waals surface area (Å²) in [7, 11) is 0. The molecule has 0 aromatic heterocycles. The predicted octanol–water partition coefficient (Wildman–Crippen LogP) is 2.92. The Balaban J connectivity index is 1.36. The number of rotatable bonds is 5. The first-order valence-electron chi connectivity index (χ1n) is 9.08. The lowest BCUT2D eigenvalue weighted by Crippen LogP contribution is -2.37. The van der Waals surface area contributed by atoms with E-state index in [-0.39, 0.29) is 25.0 Å². The predicted molar refractivity (Wildman–Crippen MR) is 98.0 cm³/mol. The number of aliphatic hydroxyl groups is 1. The van der Waals surface area contributed by atoms with E-state index < -0.39 is 12.2 Å². The smallest absolute Gasteiger partial charge is 0.407 e. The molecule has 1 amide bonds. The number of amides is 1. The number of benzene rings is 2. The Morgan fingerprint density at radius 3 is 2.42 bits per heavy atom. The van der Waals surface area contributed by atoms with E-state index in [2.05, 4.69) is 29.6 Å². The van der Waals surface area contributed by atoms with Gasteiger partial charge in [0, 0.05) is 25.0 Å². The summed E-state index contributed by atoms with van der Waals surface area (Å²) >= 11 is 0. The third-order valence-corrected chi connectivity index (χ3v) is 5.31. The monoisotopic (exact) mass is 353 g/mol. The second-order valence-corrected chi connectivity index (χ2v) is 6.90. The molecule has 1 heterocycles. The summed E-state index contributed by atoms with van der Waals surface area (Å²) in [6.45, 7) is 1.69. The molecule has 2 N–H and O–H groups in total. The number of carbonyl (C=O) groups is 1. The van der Waals surface area contributed by atoms with Gasteiger partial charge in [-0.1, -0.05) is 48.5 Å². The summed E-state index contributed by atoms with van der Waals surface area (Å²) in [5.41, 5.74) is 4.77. The molecule has 2 aromatic carbocycles. The molecular weight excluding hydrogens is 330 g/mol. The fourth-order valence-corrected chi connectivity index (χ4v) is 3.86. The number of alkyl carbamates (subject to hydrolysis) is 1. The second kappa shape index (κ2) is 7.48. The zero-order valence-electron chi connectivity index (χ0n) is 14.6. The van der Waals surface area contributed by atoms with Crippen molar-refractivity contribution in [3.05, 3.63) is 59.7 Å². The molecule has 136 valence electrons. The van der Waals surface area contributed by atoms with Gasteiger partial charge in [0.15, 0.2) is 0 Å². The first-order chi connectivity index (χ1) is 12.7. The van der Waals surface area contributed by atoms with Crippen LogP contribution in [0.5, 0.6) is 0 Å². The number of hydrogen-bond donors (Lipinski definition) is 2. The molecule has 2 aromatic rings. The van der Waals surface area contributed by atoms with Crippen molar-refractivity contribution in [2.24, 2.45) is 5.92 Å². The highest BCUT2D eigenvalue weighted by Crippen LogP contribution is 2.44. The van der Waals surface area contributed by atoms with Gasteiger partial charge in [-0.15, -0.1) is 0 Å². The minimum absolute atomic E-state index is 0.0429. The number of ether oxygens (including phenoxy) is 2. The molecule has 0 saturated carbocycles. The van der Waals surface area contributed by atoms with Crippen molar-refractivity contribution < 1.29 is 19.4 Å². The number of fused-ring (bicyclic) bond motifs is 3. The van der Waals surface area contributed by atoms with Crippen molar-refractivity contribution in [1.82, 2.24) is 5.32 Å². The summed E-state index contributed by atoms with van der Waals surface area (Å²) < 4.78 is 10.7. The maximum absolute atomic E-state index is 12.1. The lowest BCUT2D eigenvalue weighted by atomic mass is 9.98. The molecule has 2 atom stereocenters. The van der Waals surface area contributed by atoms with Crippen molar-refractivity contribution in [3.63, 3.8) is 0 Å². The quantitative estimate of drug-likeness (QED) is 0.867. The number of aliphatic hydroxyl groups excluding tert-OH is 1. The summed E-state index contributed by atoms with van der Waals surface area (Å²) in [5, 5.41) is 12.8. The summed E-state index contributed by atoms with van der Waals surface area (Å²) in [4.78, 5) is 12.1. The topological polar surface area (TPSA) is 67.8 Å². The third-order valence-electron chi connectivity index (χ3n) is 5.31. The van der Waals surface area contributed by atoms with Crippen LogP contribution >= 0.6 is 0 Å². The van der Waals surface area contributed by atoms with E-state index in [0.29, 0.717) is 13.2 Å². The largest absolute Gasteiger partial charge is 0.449 e. The Morgan fingerprint density at radius 2 is 1.81 bits per heavy atom. The van der Waals surface area contributed by atoms with E-state index >= 15 is 0 Å². The van der Waals surface area contributed by atoms with E-state index in [1.165, 1.54) is 22.3 Å². The minimum atomic E-state index is -0.599. The molecule has 1 aliphatic heterocycles. The molecule has 1 saturated heterocycles. The highest BCUT2D eigenvalue weighted by Gasteiger charge is 2.29. The van der Waals surface area contributed by atoms with Gasteiger partial charge in [0.05, 0.1) is 12.7 Å². The average molecular weight is 353 g/mol. The van der Waals surface area contributed by atoms with E-state index in [4.69, 9.17) is 9.47 Å². The van der Waals surface area contributed by atoms with E-state index in [1.807, 2.05) is 24.3 Å². The van der Waals surface area contributed by atoms with Gasteiger partial charge in [0.25, 0.3) is 0 Å². The Labute approximate surface area is 152 Å². The van der Waals surface area contributed by atoms with Crippen LogP contribution in [0.25, 0.3) is 11.1 Å². The van der Waals surface area contributed by atoms with Crippen molar-refractivity contribution >= 4 is 6.09 Å². The van der Waals surface area contributed by atoms with Crippen LogP contribution < -0.4 is 5.32 Å². The molecule has 4 rings (SSSR count). The molecule has 1 fully saturated rings. The van der Waals surface area contributed by atoms with Gasteiger partial charge >= 0.3 is 6.09 Å². The highest BCUT2D eigenvalue weighted by molar-refractivity contribution is 5.79. The van der Waals surface area contributed by atoms with Crippen molar-refractivity contribution in [1.29, 1.82) is 0 Å². The van der Waals surface area contributed by atoms with Crippen molar-refractivity contribution in [2.45, 2.75) is 18.4 Å². The van der Waals surface area contributed by atoms with Crippen LogP contribution in [-0.4, -0.2) is 43.7 Å². The van der Waals surface area contributed by atoms with Gasteiger partial charge in [0.2, 0.25) is 0 Å². The summed E-state index contributed by atoms with van der Waals surface area (Å²) in [5.74, 6) is 0.130. The molecule has 0 radical (unpaired) electrons. The first kappa shape index (κ1) is 17.1. The highest BCUT2D eigenvalue weighted by atomic mass is 16.5. The van der Waals surface area contributed by atoms with Gasteiger partial charge in [-0.2, -0.15) is 0 Å². The molecule has 26 heavy (non-hydrogen) atoms. The number of hydrogen-bond acceptors (Lipinski definition) is 4. The number of carbonyl (C=O) groups excluding carboxylic acids is 1. The zero-order valence-corrected chi connectivity index (χ0v) is 14.6. The number of nitrogens with one attached hydrogen (secondary N) is 1. The second-order valence-electron chi connectivity index (χ2n) is 6.90. The lowest BCUT2D eigenvalue weighted by Gasteiger charge is -2.18. The van der Waals surface area contributed by atoms with Crippen LogP contribution in [0, 0.1) is 5.92 Å². The molecule has 2 unspecified atom stereocenters. The van der Waals surface area contributed by atoms with Crippen LogP contribution in [0.1, 0.15) is 23.5 Å². The lowest BCUT2D eigenvalue weighted by molar-refractivity contribution is 0.0850. The van der Waals surface area contributed by atoms with Gasteiger partial charge in [-0.25, -0.2) is 4.79 Å². The first-order valence-corrected chi connectivity index (χ1v) is 9.08. The van der Waals surface area contributed by atoms with Crippen molar-refractivity contribution in [3.8, 4) is 11.1 Å². The van der Waals surface area contributed by atoms with Gasteiger partial charge in [-0.3, -0.25) is 0 Å². The molecule has 1 aliphatic carbocycles. The fourth-order valence-electron chi connectivity index (χ4n) is 3.86.